The average molecular weight is 415 g/mol. The lowest BCUT2D eigenvalue weighted by Gasteiger charge is -2.18. The Morgan fingerprint density at radius 2 is 1.90 bits per heavy atom. The van der Waals surface area contributed by atoms with Gasteiger partial charge in [0.25, 0.3) is 0 Å². The second-order valence-corrected chi connectivity index (χ2v) is 7.24. The van der Waals surface area contributed by atoms with Gasteiger partial charge in [0.2, 0.25) is 5.78 Å². The number of thiazole rings is 1. The third-order valence-electron chi connectivity index (χ3n) is 4.22. The van der Waals surface area contributed by atoms with Crippen LogP contribution in [0.2, 0.25) is 0 Å². The molecule has 0 saturated heterocycles. The molecule has 29 heavy (non-hydrogen) atoms. The Morgan fingerprint density at radius 3 is 2.52 bits per heavy atom. The van der Waals surface area contributed by atoms with Crippen LogP contribution in [0.5, 0.6) is 0 Å². The summed E-state index contributed by atoms with van der Waals surface area (Å²) in [5.41, 5.74) is 6.88. The SMILES string of the molecule is CN(CCC=N)c1ccc(Nc2nc(N)c(C(=O)c3c(F)cccc3F)s2)cc1. The molecule has 0 saturated carbocycles. The number of anilines is 4. The number of nitrogens with two attached hydrogens (primary N) is 1. The van der Waals surface area contributed by atoms with E-state index < -0.39 is 23.0 Å². The van der Waals surface area contributed by atoms with Gasteiger partial charge in [-0.2, -0.15) is 0 Å². The number of rotatable bonds is 8. The van der Waals surface area contributed by atoms with Crippen LogP contribution in [0.3, 0.4) is 0 Å². The Morgan fingerprint density at radius 1 is 1.24 bits per heavy atom. The molecule has 0 spiro atoms. The van der Waals surface area contributed by atoms with Gasteiger partial charge in [-0.05, 0) is 49.0 Å². The molecular formula is C20H19F2N5OS. The zero-order valence-electron chi connectivity index (χ0n) is 15.6. The second-order valence-electron chi connectivity index (χ2n) is 6.25. The van der Waals surface area contributed by atoms with E-state index in [4.69, 9.17) is 11.1 Å². The standard InChI is InChI=1S/C20H19F2N5OS/c1-27(11-3-10-23)13-8-6-12(7-9-13)25-20-26-19(24)18(29-20)17(28)16-14(21)4-2-5-15(16)22/h2,4-10,23H,3,11,24H2,1H3,(H,25,26). The van der Waals surface area contributed by atoms with E-state index in [9.17, 15) is 13.6 Å². The summed E-state index contributed by atoms with van der Waals surface area (Å²) in [7, 11) is 1.94. The van der Waals surface area contributed by atoms with E-state index in [1.54, 1.807) is 0 Å². The maximum atomic E-state index is 13.9. The normalized spacial score (nSPS) is 10.6. The first kappa shape index (κ1) is 20.4. The topological polar surface area (TPSA) is 95.1 Å². The molecule has 0 amide bonds. The number of nitrogen functional groups attached to an aromatic ring is 1. The third kappa shape index (κ3) is 4.57. The van der Waals surface area contributed by atoms with Crippen molar-refractivity contribution in [1.29, 1.82) is 5.41 Å². The number of benzene rings is 2. The summed E-state index contributed by atoms with van der Waals surface area (Å²) >= 11 is 0.931. The number of halogens is 2. The Balaban J connectivity index is 1.77. The Hall–Kier alpha value is -3.33. The first-order valence-corrected chi connectivity index (χ1v) is 9.54. The van der Waals surface area contributed by atoms with Crippen molar-refractivity contribution in [1.82, 2.24) is 4.98 Å². The lowest BCUT2D eigenvalue weighted by Crippen LogP contribution is -2.18. The molecule has 3 rings (SSSR count). The summed E-state index contributed by atoms with van der Waals surface area (Å²) in [5.74, 6) is -2.82. The lowest BCUT2D eigenvalue weighted by molar-refractivity contribution is 0.103. The van der Waals surface area contributed by atoms with Gasteiger partial charge < -0.3 is 21.4 Å². The van der Waals surface area contributed by atoms with Crippen LogP contribution in [0.25, 0.3) is 0 Å². The van der Waals surface area contributed by atoms with E-state index >= 15 is 0 Å². The Bertz CT molecular complexity index is 1020. The molecule has 3 aromatic rings. The molecule has 150 valence electrons. The van der Waals surface area contributed by atoms with E-state index in [0.29, 0.717) is 11.6 Å². The highest BCUT2D eigenvalue weighted by Crippen LogP contribution is 2.31. The van der Waals surface area contributed by atoms with Crippen LogP contribution >= 0.6 is 11.3 Å². The van der Waals surface area contributed by atoms with Crippen LogP contribution in [0.15, 0.2) is 42.5 Å². The molecule has 0 atom stereocenters. The highest BCUT2D eigenvalue weighted by Gasteiger charge is 2.24. The van der Waals surface area contributed by atoms with Crippen molar-refractivity contribution in [2.24, 2.45) is 0 Å². The van der Waals surface area contributed by atoms with Gasteiger partial charge >= 0.3 is 0 Å². The monoisotopic (exact) mass is 415 g/mol. The molecule has 9 heteroatoms. The number of nitrogens with one attached hydrogen (secondary N) is 2. The molecule has 0 aliphatic rings. The van der Waals surface area contributed by atoms with Gasteiger partial charge in [0.05, 0.1) is 5.56 Å². The van der Waals surface area contributed by atoms with Gasteiger partial charge in [0.1, 0.15) is 22.3 Å². The van der Waals surface area contributed by atoms with Gasteiger partial charge in [-0.1, -0.05) is 17.4 Å². The zero-order valence-corrected chi connectivity index (χ0v) is 16.4. The summed E-state index contributed by atoms with van der Waals surface area (Å²) in [6, 6.07) is 10.7. The highest BCUT2D eigenvalue weighted by atomic mass is 32.1. The molecule has 4 N–H and O–H groups in total. The van der Waals surface area contributed by atoms with E-state index in [2.05, 4.69) is 10.3 Å². The smallest absolute Gasteiger partial charge is 0.212 e. The van der Waals surface area contributed by atoms with Gasteiger partial charge in [-0.3, -0.25) is 4.79 Å². The predicted molar refractivity (Wildman–Crippen MR) is 113 cm³/mol. The van der Waals surface area contributed by atoms with Crippen LogP contribution in [0.4, 0.5) is 31.1 Å². The maximum absolute atomic E-state index is 13.9. The molecule has 0 unspecified atom stereocenters. The van der Waals surface area contributed by atoms with Crippen molar-refractivity contribution in [2.75, 3.05) is 29.5 Å². The number of hydrogen-bond donors (Lipinski definition) is 3. The minimum absolute atomic E-state index is 0.0282. The van der Waals surface area contributed by atoms with E-state index in [1.165, 1.54) is 12.3 Å². The minimum Gasteiger partial charge on any atom is -0.382 e. The van der Waals surface area contributed by atoms with Gasteiger partial charge in [-0.15, -0.1) is 0 Å². The molecular weight excluding hydrogens is 396 g/mol. The Kier molecular flexibility index (Phi) is 6.18. The van der Waals surface area contributed by atoms with E-state index in [0.717, 1.165) is 41.4 Å². The van der Waals surface area contributed by atoms with Gasteiger partial charge in [0.15, 0.2) is 5.13 Å². The van der Waals surface area contributed by atoms with Crippen LogP contribution in [0, 0.1) is 17.0 Å². The first-order valence-electron chi connectivity index (χ1n) is 8.73. The van der Waals surface area contributed by atoms with Crippen LogP contribution in [-0.4, -0.2) is 30.6 Å². The van der Waals surface area contributed by atoms with Crippen molar-refractivity contribution in [3.05, 3.63) is 64.5 Å². The molecule has 2 aromatic carbocycles. The van der Waals surface area contributed by atoms with Crippen molar-refractivity contribution in [3.63, 3.8) is 0 Å². The lowest BCUT2D eigenvalue weighted by atomic mass is 10.1. The molecule has 6 nitrogen and oxygen atoms in total. The number of ketones is 1. The zero-order chi connectivity index (χ0) is 21.0. The molecule has 0 aliphatic carbocycles. The third-order valence-corrected chi connectivity index (χ3v) is 5.20. The van der Waals surface area contributed by atoms with Crippen molar-refractivity contribution in [2.45, 2.75) is 6.42 Å². The summed E-state index contributed by atoms with van der Waals surface area (Å²) in [4.78, 5) is 18.6. The predicted octanol–water partition coefficient (Wildman–Crippen LogP) is 4.45. The second kappa shape index (κ2) is 8.78. The fourth-order valence-electron chi connectivity index (χ4n) is 2.69. The molecule has 1 heterocycles. The molecule has 0 aliphatic heterocycles. The summed E-state index contributed by atoms with van der Waals surface area (Å²) in [5, 5.41) is 10.5. The van der Waals surface area contributed by atoms with Crippen LogP contribution < -0.4 is 16.0 Å². The van der Waals surface area contributed by atoms with Crippen molar-refractivity contribution < 1.29 is 13.6 Å². The number of hydrogen-bond acceptors (Lipinski definition) is 7. The molecule has 1 aromatic heterocycles. The fourth-order valence-corrected chi connectivity index (χ4v) is 3.54. The maximum Gasteiger partial charge on any atom is 0.212 e. The number of carbonyl (C=O) groups is 1. The summed E-state index contributed by atoms with van der Waals surface area (Å²) < 4.78 is 27.8. The highest BCUT2D eigenvalue weighted by molar-refractivity contribution is 7.18. The largest absolute Gasteiger partial charge is 0.382 e. The molecule has 0 radical (unpaired) electrons. The number of carbonyl (C=O) groups excluding carboxylic acids is 1. The average Bonchev–Trinajstić information content (AvgIpc) is 3.06. The van der Waals surface area contributed by atoms with Crippen molar-refractivity contribution >= 4 is 45.7 Å². The first-order chi connectivity index (χ1) is 13.9. The van der Waals surface area contributed by atoms with E-state index in [-0.39, 0.29) is 10.7 Å². The van der Waals surface area contributed by atoms with E-state index in [1.807, 2.05) is 36.2 Å². The van der Waals surface area contributed by atoms with Crippen molar-refractivity contribution in [3.8, 4) is 0 Å². The summed E-state index contributed by atoms with van der Waals surface area (Å²) in [6.07, 6.45) is 2.03. The van der Waals surface area contributed by atoms with Gasteiger partial charge in [0, 0.05) is 25.0 Å². The molecule has 0 fully saturated rings. The summed E-state index contributed by atoms with van der Waals surface area (Å²) in [6.45, 7) is 0.733. The number of nitrogens with zero attached hydrogens (tertiary/aromatic N) is 2. The minimum atomic E-state index is -0.944. The Labute approximate surface area is 170 Å². The van der Waals surface area contributed by atoms with Gasteiger partial charge in [-0.25, -0.2) is 13.8 Å². The van der Waals surface area contributed by atoms with Crippen LogP contribution in [-0.2, 0) is 0 Å². The molecule has 0 bridgehead atoms. The fraction of sp³-hybridized carbons (Fsp3) is 0.150. The quantitative estimate of drug-likeness (QED) is 0.373. The van der Waals surface area contributed by atoms with Crippen LogP contribution in [0.1, 0.15) is 21.7 Å². The number of aromatic nitrogens is 1.